The highest BCUT2D eigenvalue weighted by atomic mass is 16.5. The number of methoxy groups -OCH3 is 1. The monoisotopic (exact) mass is 364 g/mol. The molecule has 2 N–H and O–H groups in total. The van der Waals surface area contributed by atoms with E-state index >= 15 is 0 Å². The third-order valence-corrected chi connectivity index (χ3v) is 4.41. The fourth-order valence-electron chi connectivity index (χ4n) is 2.31. The Morgan fingerprint density at radius 3 is 2.31 bits per heavy atom. The zero-order chi connectivity index (χ0) is 19.4. The summed E-state index contributed by atoms with van der Waals surface area (Å²) in [6.07, 6.45) is 0. The summed E-state index contributed by atoms with van der Waals surface area (Å²) in [4.78, 5) is 6.59. The fourth-order valence-corrected chi connectivity index (χ4v) is 2.31. The summed E-state index contributed by atoms with van der Waals surface area (Å²) in [6, 6.07) is 8.19. The summed E-state index contributed by atoms with van der Waals surface area (Å²) in [7, 11) is 3.48. The van der Waals surface area contributed by atoms with Gasteiger partial charge in [0.15, 0.2) is 5.96 Å². The van der Waals surface area contributed by atoms with Crippen molar-refractivity contribution in [2.45, 2.75) is 39.8 Å². The molecular weight excluding hydrogens is 328 g/mol. The predicted octanol–water partition coefficient (Wildman–Crippen LogP) is 2.50. The van der Waals surface area contributed by atoms with E-state index in [4.69, 9.17) is 9.47 Å². The van der Waals surface area contributed by atoms with Crippen molar-refractivity contribution in [1.82, 2.24) is 15.5 Å². The zero-order valence-corrected chi connectivity index (χ0v) is 17.3. The Hall–Kier alpha value is -1.79. The average Bonchev–Trinajstić information content (AvgIpc) is 2.66. The maximum atomic E-state index is 5.82. The molecule has 0 bridgehead atoms. The quantitative estimate of drug-likeness (QED) is 0.467. The normalized spacial score (nSPS) is 12.3. The Morgan fingerprint density at radius 2 is 1.77 bits per heavy atom. The van der Waals surface area contributed by atoms with Crippen LogP contribution in [0.25, 0.3) is 0 Å². The smallest absolute Gasteiger partial charge is 0.191 e. The van der Waals surface area contributed by atoms with E-state index in [9.17, 15) is 0 Å². The van der Waals surface area contributed by atoms with Crippen LogP contribution in [0.5, 0.6) is 5.75 Å². The minimum absolute atomic E-state index is 0.234. The van der Waals surface area contributed by atoms with Crippen molar-refractivity contribution in [3.8, 4) is 5.75 Å². The highest BCUT2D eigenvalue weighted by Gasteiger charge is 2.16. The Bertz CT molecular complexity index is 525. The molecule has 0 aliphatic heterocycles. The molecule has 0 unspecified atom stereocenters. The minimum atomic E-state index is -0.234. The number of nitrogens with zero attached hydrogens (tertiary/aromatic N) is 2. The van der Waals surface area contributed by atoms with E-state index in [-0.39, 0.29) is 5.60 Å². The molecule has 0 fully saturated rings. The highest BCUT2D eigenvalue weighted by Crippen LogP contribution is 2.12. The number of aliphatic imine (C=N–C) groups is 1. The van der Waals surface area contributed by atoms with Gasteiger partial charge < -0.3 is 25.0 Å². The molecule has 0 saturated carbocycles. The molecule has 0 amide bonds. The molecule has 26 heavy (non-hydrogen) atoms. The first-order chi connectivity index (χ1) is 12.4. The maximum Gasteiger partial charge on any atom is 0.191 e. The molecule has 0 heterocycles. The Kier molecular flexibility index (Phi) is 10.1. The number of ether oxygens (including phenoxy) is 2. The summed E-state index contributed by atoms with van der Waals surface area (Å²) < 4.78 is 11.2. The number of nitrogens with one attached hydrogen (secondary N) is 2. The van der Waals surface area contributed by atoms with Crippen LogP contribution in [0.3, 0.4) is 0 Å². The van der Waals surface area contributed by atoms with Gasteiger partial charge in [-0.3, -0.25) is 4.99 Å². The van der Waals surface area contributed by atoms with Gasteiger partial charge in [-0.15, -0.1) is 0 Å². The summed E-state index contributed by atoms with van der Waals surface area (Å²) in [6.45, 7) is 13.6. The number of hydrogen-bond acceptors (Lipinski definition) is 4. The number of likely N-dealkylation sites (N-methyl/N-ethyl adjacent to an activating group) is 1. The van der Waals surface area contributed by atoms with Crippen molar-refractivity contribution in [3.05, 3.63) is 29.8 Å². The van der Waals surface area contributed by atoms with Crippen molar-refractivity contribution in [1.29, 1.82) is 0 Å². The molecule has 0 saturated heterocycles. The van der Waals surface area contributed by atoms with Gasteiger partial charge in [-0.05, 0) is 44.6 Å². The van der Waals surface area contributed by atoms with Crippen LogP contribution in [0.15, 0.2) is 29.3 Å². The van der Waals surface area contributed by atoms with Crippen LogP contribution in [0.1, 0.15) is 33.3 Å². The third-order valence-electron chi connectivity index (χ3n) is 4.41. The molecule has 0 aliphatic rings. The Morgan fingerprint density at radius 1 is 1.12 bits per heavy atom. The van der Waals surface area contributed by atoms with Crippen molar-refractivity contribution in [3.63, 3.8) is 0 Å². The van der Waals surface area contributed by atoms with E-state index in [1.165, 1.54) is 5.56 Å². The first kappa shape index (κ1) is 22.3. The van der Waals surface area contributed by atoms with Gasteiger partial charge in [-0.2, -0.15) is 0 Å². The van der Waals surface area contributed by atoms with E-state index in [1.807, 2.05) is 26.0 Å². The van der Waals surface area contributed by atoms with E-state index in [2.05, 4.69) is 46.5 Å². The van der Waals surface area contributed by atoms with E-state index in [0.29, 0.717) is 19.7 Å². The second kappa shape index (κ2) is 11.8. The van der Waals surface area contributed by atoms with Crippen molar-refractivity contribution in [2.24, 2.45) is 4.99 Å². The van der Waals surface area contributed by atoms with Gasteiger partial charge in [0, 0.05) is 33.8 Å². The molecule has 1 rings (SSSR count). The Labute approximate surface area is 159 Å². The summed E-state index contributed by atoms with van der Waals surface area (Å²) in [5, 5.41) is 6.59. The standard InChI is InChI=1S/C20H36N4O2/c1-7-24(8-2)13-14-26-18-11-9-17(10-12-18)15-22-19(21-5)23-16-20(3,4)25-6/h9-12H,7-8,13-16H2,1-6H3,(H2,21,22,23). The van der Waals surface area contributed by atoms with Crippen LogP contribution in [0.4, 0.5) is 0 Å². The van der Waals surface area contributed by atoms with E-state index in [0.717, 1.165) is 31.3 Å². The number of guanidine groups is 1. The van der Waals surface area contributed by atoms with E-state index in [1.54, 1.807) is 14.2 Å². The second-order valence-electron chi connectivity index (χ2n) is 6.76. The first-order valence-electron chi connectivity index (χ1n) is 9.37. The number of hydrogen-bond donors (Lipinski definition) is 2. The van der Waals surface area contributed by atoms with Crippen LogP contribution < -0.4 is 15.4 Å². The molecule has 0 spiro atoms. The largest absolute Gasteiger partial charge is 0.492 e. The molecule has 0 radical (unpaired) electrons. The Balaban J connectivity index is 2.39. The lowest BCUT2D eigenvalue weighted by Crippen LogP contribution is -2.45. The summed E-state index contributed by atoms with van der Waals surface area (Å²) >= 11 is 0. The van der Waals surface area contributed by atoms with Crippen LogP contribution in [0, 0.1) is 0 Å². The fraction of sp³-hybridized carbons (Fsp3) is 0.650. The summed E-state index contributed by atoms with van der Waals surface area (Å²) in [5.41, 5.74) is 0.942. The van der Waals surface area contributed by atoms with Crippen LogP contribution in [0.2, 0.25) is 0 Å². The average molecular weight is 365 g/mol. The lowest BCUT2D eigenvalue weighted by Gasteiger charge is -2.24. The van der Waals surface area contributed by atoms with Gasteiger partial charge in [0.25, 0.3) is 0 Å². The van der Waals surface area contributed by atoms with Crippen molar-refractivity contribution < 1.29 is 9.47 Å². The maximum absolute atomic E-state index is 5.82. The lowest BCUT2D eigenvalue weighted by molar-refractivity contribution is 0.0268. The van der Waals surface area contributed by atoms with Gasteiger partial charge >= 0.3 is 0 Å². The third kappa shape index (κ3) is 8.54. The molecule has 1 aromatic carbocycles. The molecule has 0 atom stereocenters. The number of rotatable bonds is 11. The number of benzene rings is 1. The van der Waals surface area contributed by atoms with Gasteiger partial charge in [0.05, 0.1) is 5.60 Å². The molecule has 1 aromatic rings. The first-order valence-corrected chi connectivity index (χ1v) is 9.37. The summed E-state index contributed by atoms with van der Waals surface area (Å²) in [5.74, 6) is 1.67. The van der Waals surface area contributed by atoms with Crippen LogP contribution >= 0.6 is 0 Å². The molecular formula is C20H36N4O2. The van der Waals surface area contributed by atoms with Crippen molar-refractivity contribution in [2.75, 3.05) is 46.9 Å². The molecule has 6 heteroatoms. The molecule has 6 nitrogen and oxygen atoms in total. The highest BCUT2D eigenvalue weighted by molar-refractivity contribution is 5.79. The lowest BCUT2D eigenvalue weighted by atomic mass is 10.1. The topological polar surface area (TPSA) is 58.1 Å². The van der Waals surface area contributed by atoms with Gasteiger partial charge in [-0.25, -0.2) is 0 Å². The second-order valence-corrected chi connectivity index (χ2v) is 6.76. The molecule has 0 aromatic heterocycles. The van der Waals surface area contributed by atoms with Crippen LogP contribution in [-0.4, -0.2) is 63.4 Å². The minimum Gasteiger partial charge on any atom is -0.492 e. The predicted molar refractivity (Wildman–Crippen MR) is 109 cm³/mol. The SMILES string of the molecule is CCN(CC)CCOc1ccc(CNC(=NC)NCC(C)(C)OC)cc1. The van der Waals surface area contributed by atoms with Gasteiger partial charge in [0.1, 0.15) is 12.4 Å². The van der Waals surface area contributed by atoms with Crippen LogP contribution in [-0.2, 0) is 11.3 Å². The molecule has 0 aliphatic carbocycles. The zero-order valence-electron chi connectivity index (χ0n) is 17.3. The molecule has 148 valence electrons. The van der Waals surface area contributed by atoms with Gasteiger partial charge in [-0.1, -0.05) is 26.0 Å². The van der Waals surface area contributed by atoms with Gasteiger partial charge in [0.2, 0.25) is 0 Å². The van der Waals surface area contributed by atoms with Crippen molar-refractivity contribution >= 4 is 5.96 Å². The van der Waals surface area contributed by atoms with E-state index < -0.39 is 0 Å².